The Bertz CT molecular complexity index is 642. The molecule has 2 aromatic carbocycles. The molecule has 2 rings (SSSR count). The smallest absolute Gasteiger partial charge is 0.145 e. The number of rotatable bonds is 5. The molecular formula is C14H12BrClF2N2S. The van der Waals surface area contributed by atoms with Crippen LogP contribution >= 0.6 is 39.3 Å². The van der Waals surface area contributed by atoms with Crippen LogP contribution in [0, 0.1) is 11.6 Å². The van der Waals surface area contributed by atoms with E-state index in [4.69, 9.17) is 17.4 Å². The third-order valence-corrected chi connectivity index (χ3v) is 5.09. The first kappa shape index (κ1) is 16.7. The molecule has 7 heteroatoms. The van der Waals surface area contributed by atoms with Crippen molar-refractivity contribution in [2.24, 2.45) is 5.84 Å². The van der Waals surface area contributed by atoms with Gasteiger partial charge >= 0.3 is 0 Å². The van der Waals surface area contributed by atoms with E-state index in [1.807, 2.05) is 18.2 Å². The minimum absolute atomic E-state index is 0.0913. The quantitative estimate of drug-likeness (QED) is 0.335. The van der Waals surface area contributed by atoms with E-state index in [0.29, 0.717) is 10.8 Å². The van der Waals surface area contributed by atoms with E-state index in [0.717, 1.165) is 4.90 Å². The van der Waals surface area contributed by atoms with Gasteiger partial charge in [-0.2, -0.15) is 0 Å². The summed E-state index contributed by atoms with van der Waals surface area (Å²) >= 11 is 10.5. The summed E-state index contributed by atoms with van der Waals surface area (Å²) in [5.74, 6) is 4.49. The predicted molar refractivity (Wildman–Crippen MR) is 86.3 cm³/mol. The maximum Gasteiger partial charge on any atom is 0.145 e. The van der Waals surface area contributed by atoms with Gasteiger partial charge in [0.1, 0.15) is 11.6 Å². The molecule has 0 amide bonds. The number of nitrogens with one attached hydrogen (secondary N) is 1. The summed E-state index contributed by atoms with van der Waals surface area (Å²) < 4.78 is 28.2. The molecule has 0 spiro atoms. The lowest BCUT2D eigenvalue weighted by Gasteiger charge is -2.18. The second kappa shape index (κ2) is 7.56. The van der Waals surface area contributed by atoms with Gasteiger partial charge in [0.25, 0.3) is 0 Å². The monoisotopic (exact) mass is 392 g/mol. The fourth-order valence-electron chi connectivity index (χ4n) is 1.81. The molecule has 0 fully saturated rings. The highest BCUT2D eigenvalue weighted by molar-refractivity contribution is 9.10. The van der Waals surface area contributed by atoms with Gasteiger partial charge in [-0.25, -0.2) is 8.78 Å². The van der Waals surface area contributed by atoms with Crippen LogP contribution in [0.15, 0.2) is 45.8 Å². The van der Waals surface area contributed by atoms with Crippen molar-refractivity contribution in [2.75, 3.05) is 5.75 Å². The molecule has 1 unspecified atom stereocenters. The summed E-state index contributed by atoms with van der Waals surface area (Å²) in [6.07, 6.45) is 0. The normalized spacial score (nSPS) is 12.4. The van der Waals surface area contributed by atoms with Crippen LogP contribution in [-0.4, -0.2) is 5.75 Å². The summed E-state index contributed by atoms with van der Waals surface area (Å²) in [7, 11) is 0. The molecule has 0 aliphatic heterocycles. The van der Waals surface area contributed by atoms with E-state index >= 15 is 0 Å². The first-order valence-corrected chi connectivity index (χ1v) is 8.17. The third-order valence-electron chi connectivity index (χ3n) is 2.87. The summed E-state index contributed by atoms with van der Waals surface area (Å²) in [6.45, 7) is 0. The van der Waals surface area contributed by atoms with E-state index in [1.165, 1.54) is 23.9 Å². The molecule has 0 aliphatic carbocycles. The zero-order valence-corrected chi connectivity index (χ0v) is 13.9. The lowest BCUT2D eigenvalue weighted by Crippen LogP contribution is -2.31. The Hall–Kier alpha value is -0.660. The standard InChI is InChI=1S/C14H12BrClF2N2S/c15-8-5-6-10(17)13(14(8)18)11(20-19)7-21-12-4-2-1-3-9(12)16/h1-6,11,20H,7,19H2. The summed E-state index contributed by atoms with van der Waals surface area (Å²) in [4.78, 5) is 0.829. The molecule has 0 aromatic heterocycles. The van der Waals surface area contributed by atoms with Crippen molar-refractivity contribution < 1.29 is 8.78 Å². The van der Waals surface area contributed by atoms with Crippen molar-refractivity contribution in [3.8, 4) is 0 Å². The molecule has 3 N–H and O–H groups in total. The molecule has 21 heavy (non-hydrogen) atoms. The molecular weight excluding hydrogens is 382 g/mol. The van der Waals surface area contributed by atoms with Crippen molar-refractivity contribution in [3.63, 3.8) is 0 Å². The van der Waals surface area contributed by atoms with Gasteiger partial charge in [0.2, 0.25) is 0 Å². The summed E-state index contributed by atoms with van der Waals surface area (Å²) in [5, 5.41) is 0.591. The highest BCUT2D eigenvalue weighted by atomic mass is 79.9. The van der Waals surface area contributed by atoms with Gasteiger partial charge in [-0.15, -0.1) is 11.8 Å². The molecule has 0 aliphatic rings. The second-order valence-electron chi connectivity index (χ2n) is 4.22. The van der Waals surface area contributed by atoms with Gasteiger partial charge in [-0.05, 0) is 40.2 Å². The Balaban J connectivity index is 2.22. The molecule has 0 bridgehead atoms. The Kier molecular flexibility index (Phi) is 6.01. The first-order valence-electron chi connectivity index (χ1n) is 6.01. The Morgan fingerprint density at radius 1 is 1.24 bits per heavy atom. The Morgan fingerprint density at radius 3 is 2.62 bits per heavy atom. The number of nitrogens with two attached hydrogens (primary N) is 1. The molecule has 0 saturated carbocycles. The average Bonchev–Trinajstić information content (AvgIpc) is 2.48. The highest BCUT2D eigenvalue weighted by Gasteiger charge is 2.21. The van der Waals surface area contributed by atoms with Crippen LogP contribution in [0.5, 0.6) is 0 Å². The SMILES string of the molecule is NNC(CSc1ccccc1Cl)c1c(F)ccc(Br)c1F. The number of hydrazine groups is 1. The van der Waals surface area contributed by atoms with Gasteiger partial charge in [0, 0.05) is 16.2 Å². The van der Waals surface area contributed by atoms with Gasteiger partial charge in [0.15, 0.2) is 0 Å². The van der Waals surface area contributed by atoms with E-state index in [-0.39, 0.29) is 10.0 Å². The van der Waals surface area contributed by atoms with Crippen LogP contribution in [0.4, 0.5) is 8.78 Å². The maximum absolute atomic E-state index is 14.1. The molecule has 2 nitrogen and oxygen atoms in total. The fraction of sp³-hybridized carbons (Fsp3) is 0.143. The first-order chi connectivity index (χ1) is 10.0. The maximum atomic E-state index is 14.1. The molecule has 0 radical (unpaired) electrons. The molecule has 1 atom stereocenters. The predicted octanol–water partition coefficient (Wildman–Crippen LogP) is 4.68. The second-order valence-corrected chi connectivity index (χ2v) is 6.54. The Morgan fingerprint density at radius 2 is 1.95 bits per heavy atom. The average molecular weight is 394 g/mol. The topological polar surface area (TPSA) is 38.0 Å². The van der Waals surface area contributed by atoms with Crippen molar-refractivity contribution in [3.05, 3.63) is 63.1 Å². The lowest BCUT2D eigenvalue weighted by molar-refractivity contribution is 0.497. The van der Waals surface area contributed by atoms with Gasteiger partial charge in [-0.1, -0.05) is 23.7 Å². The van der Waals surface area contributed by atoms with E-state index in [2.05, 4.69) is 21.4 Å². The van der Waals surface area contributed by atoms with Crippen molar-refractivity contribution in [1.82, 2.24) is 5.43 Å². The van der Waals surface area contributed by atoms with Gasteiger partial charge in [0.05, 0.1) is 15.5 Å². The van der Waals surface area contributed by atoms with Crippen LogP contribution in [0.1, 0.15) is 11.6 Å². The van der Waals surface area contributed by atoms with E-state index in [1.54, 1.807) is 6.07 Å². The lowest BCUT2D eigenvalue weighted by atomic mass is 10.1. The summed E-state index contributed by atoms with van der Waals surface area (Å²) in [6, 6.07) is 9.11. The molecule has 112 valence electrons. The minimum atomic E-state index is -0.677. The number of thioether (sulfide) groups is 1. The van der Waals surface area contributed by atoms with Crippen LogP contribution < -0.4 is 11.3 Å². The number of benzene rings is 2. The van der Waals surface area contributed by atoms with Crippen molar-refractivity contribution >= 4 is 39.3 Å². The van der Waals surface area contributed by atoms with Gasteiger partial charge < -0.3 is 0 Å². The molecule has 0 heterocycles. The molecule has 2 aromatic rings. The number of hydrogen-bond donors (Lipinski definition) is 2. The summed E-state index contributed by atoms with van der Waals surface area (Å²) in [5.41, 5.74) is 2.36. The van der Waals surface area contributed by atoms with E-state index in [9.17, 15) is 8.78 Å². The zero-order chi connectivity index (χ0) is 15.4. The van der Waals surface area contributed by atoms with E-state index < -0.39 is 17.7 Å². The Labute approximate surface area is 139 Å². The van der Waals surface area contributed by atoms with Gasteiger partial charge in [-0.3, -0.25) is 11.3 Å². The van der Waals surface area contributed by atoms with Crippen molar-refractivity contribution in [1.29, 1.82) is 0 Å². The van der Waals surface area contributed by atoms with Crippen LogP contribution in [0.25, 0.3) is 0 Å². The van der Waals surface area contributed by atoms with Crippen molar-refractivity contribution in [2.45, 2.75) is 10.9 Å². The third kappa shape index (κ3) is 3.96. The number of halogens is 4. The van der Waals surface area contributed by atoms with Crippen LogP contribution in [0.3, 0.4) is 0 Å². The van der Waals surface area contributed by atoms with Crippen LogP contribution in [-0.2, 0) is 0 Å². The number of hydrogen-bond acceptors (Lipinski definition) is 3. The van der Waals surface area contributed by atoms with Crippen LogP contribution in [0.2, 0.25) is 5.02 Å². The minimum Gasteiger partial charge on any atom is -0.271 e. The highest BCUT2D eigenvalue weighted by Crippen LogP contribution is 2.33. The molecule has 0 saturated heterocycles. The zero-order valence-electron chi connectivity index (χ0n) is 10.7. The largest absolute Gasteiger partial charge is 0.271 e. The fourth-order valence-corrected chi connectivity index (χ4v) is 3.45.